The zero-order chi connectivity index (χ0) is 8.27. The van der Waals surface area contributed by atoms with Crippen LogP contribution in [0.25, 0.3) is 0 Å². The third kappa shape index (κ3) is 2.15. The molecule has 0 N–H and O–H groups in total. The van der Waals surface area contributed by atoms with Gasteiger partial charge in [-0.05, 0) is 35.9 Å². The molecule has 1 rings (SSSR count). The average Bonchev–Trinajstić information content (AvgIpc) is 2.31. The van der Waals surface area contributed by atoms with Crippen LogP contribution in [0, 0.1) is 10.6 Å². The molecule has 1 aromatic heterocycles. The van der Waals surface area contributed by atoms with E-state index in [0.29, 0.717) is 0 Å². The molecule has 0 aromatic carbocycles. The average molecular weight is 265 g/mol. The first-order valence-corrected chi connectivity index (χ1v) is 4.89. The van der Waals surface area contributed by atoms with E-state index >= 15 is 0 Å². The number of nitrogens with zero attached hydrogens (tertiary/aromatic N) is 3. The van der Waals surface area contributed by atoms with Gasteiger partial charge in [0.05, 0.1) is 5.69 Å². The Hall–Kier alpha value is -0.130. The molecule has 3 nitrogen and oxygen atoms in total. The Morgan fingerprint density at radius 3 is 2.73 bits per heavy atom. The van der Waals surface area contributed by atoms with Crippen molar-refractivity contribution in [2.75, 3.05) is 0 Å². The van der Waals surface area contributed by atoms with Crippen molar-refractivity contribution in [2.24, 2.45) is 0 Å². The summed E-state index contributed by atoms with van der Waals surface area (Å²) in [6.07, 6.45) is 2.38. The molecule has 0 aliphatic rings. The molecule has 0 bridgehead atoms. The first-order chi connectivity index (χ1) is 5.25. The summed E-state index contributed by atoms with van der Waals surface area (Å²) in [5.41, 5.74) is 1.03. The molecular formula is C7H12IN3. The first kappa shape index (κ1) is 8.96. The monoisotopic (exact) mass is 265 g/mol. The largest absolute Gasteiger partial charge is 0.239 e. The van der Waals surface area contributed by atoms with E-state index in [0.717, 1.165) is 15.9 Å². The molecule has 0 saturated carbocycles. The van der Waals surface area contributed by atoms with Crippen LogP contribution >= 0.6 is 22.6 Å². The second-order valence-electron chi connectivity index (χ2n) is 2.54. The highest BCUT2D eigenvalue weighted by atomic mass is 127. The summed E-state index contributed by atoms with van der Waals surface area (Å²) in [5.74, 6) is 0. The second kappa shape index (κ2) is 4.04. The molecule has 1 aromatic rings. The molecule has 11 heavy (non-hydrogen) atoms. The van der Waals surface area contributed by atoms with E-state index in [2.05, 4.69) is 39.8 Å². The summed E-state index contributed by atoms with van der Waals surface area (Å²) < 4.78 is 3.12. The number of hydrogen-bond acceptors (Lipinski definition) is 2. The fourth-order valence-electron chi connectivity index (χ4n) is 0.839. The molecule has 4 heteroatoms. The maximum absolute atomic E-state index is 4.01. The predicted molar refractivity (Wildman–Crippen MR) is 52.4 cm³/mol. The van der Waals surface area contributed by atoms with Gasteiger partial charge in [0.25, 0.3) is 0 Å². The highest BCUT2D eigenvalue weighted by Gasteiger charge is 2.03. The van der Waals surface area contributed by atoms with Gasteiger partial charge in [0.1, 0.15) is 3.70 Å². The van der Waals surface area contributed by atoms with Crippen molar-refractivity contribution >= 4 is 22.6 Å². The van der Waals surface area contributed by atoms with Gasteiger partial charge in [-0.2, -0.15) is 0 Å². The topological polar surface area (TPSA) is 30.7 Å². The Morgan fingerprint density at radius 1 is 1.55 bits per heavy atom. The third-order valence-corrected chi connectivity index (χ3v) is 2.89. The number of halogens is 1. The number of unbranched alkanes of at least 4 members (excludes halogenated alkanes) is 1. The maximum atomic E-state index is 4.01. The van der Waals surface area contributed by atoms with Gasteiger partial charge in [-0.15, -0.1) is 5.10 Å². The molecule has 0 fully saturated rings. The van der Waals surface area contributed by atoms with Crippen LogP contribution in [0.2, 0.25) is 0 Å². The van der Waals surface area contributed by atoms with Gasteiger partial charge in [0.2, 0.25) is 0 Å². The van der Waals surface area contributed by atoms with Crippen molar-refractivity contribution in [1.82, 2.24) is 15.0 Å². The van der Waals surface area contributed by atoms with E-state index in [-0.39, 0.29) is 0 Å². The molecule has 0 unspecified atom stereocenters. The van der Waals surface area contributed by atoms with Crippen LogP contribution in [0.3, 0.4) is 0 Å². The molecule has 0 aliphatic heterocycles. The van der Waals surface area contributed by atoms with Crippen LogP contribution in [0.5, 0.6) is 0 Å². The fraction of sp³-hybridized carbons (Fsp3) is 0.714. The molecule has 0 amide bonds. The summed E-state index contributed by atoms with van der Waals surface area (Å²) in [4.78, 5) is 0. The quantitative estimate of drug-likeness (QED) is 0.782. The smallest absolute Gasteiger partial charge is 0.122 e. The van der Waals surface area contributed by atoms with Gasteiger partial charge in [-0.1, -0.05) is 18.6 Å². The molecule has 0 atom stereocenters. The van der Waals surface area contributed by atoms with Gasteiger partial charge in [0, 0.05) is 6.54 Å². The Bertz CT molecular complexity index is 232. The van der Waals surface area contributed by atoms with Crippen molar-refractivity contribution in [3.63, 3.8) is 0 Å². The van der Waals surface area contributed by atoms with Crippen molar-refractivity contribution in [1.29, 1.82) is 0 Å². The molecule has 0 radical (unpaired) electrons. The first-order valence-electron chi connectivity index (χ1n) is 3.81. The Balaban J connectivity index is 2.63. The van der Waals surface area contributed by atoms with Crippen molar-refractivity contribution < 1.29 is 0 Å². The molecule has 0 spiro atoms. The van der Waals surface area contributed by atoms with Gasteiger partial charge >= 0.3 is 0 Å². The van der Waals surface area contributed by atoms with Crippen LogP contribution in [0.1, 0.15) is 25.5 Å². The van der Waals surface area contributed by atoms with Gasteiger partial charge in [-0.25, -0.2) is 4.68 Å². The van der Waals surface area contributed by atoms with Crippen molar-refractivity contribution in [3.8, 4) is 0 Å². The minimum atomic E-state index is 0.996. The summed E-state index contributed by atoms with van der Waals surface area (Å²) in [7, 11) is 0. The highest BCUT2D eigenvalue weighted by Crippen LogP contribution is 2.07. The fourth-order valence-corrected chi connectivity index (χ4v) is 1.28. The van der Waals surface area contributed by atoms with Gasteiger partial charge < -0.3 is 0 Å². The van der Waals surface area contributed by atoms with Crippen LogP contribution in [0.4, 0.5) is 0 Å². The zero-order valence-corrected chi connectivity index (χ0v) is 9.00. The lowest BCUT2D eigenvalue weighted by Crippen LogP contribution is -2.02. The van der Waals surface area contributed by atoms with Gasteiger partial charge in [-0.3, -0.25) is 0 Å². The lowest BCUT2D eigenvalue weighted by molar-refractivity contribution is 0.543. The van der Waals surface area contributed by atoms with Crippen molar-refractivity contribution in [3.05, 3.63) is 9.39 Å². The van der Waals surface area contributed by atoms with Crippen LogP contribution in [-0.2, 0) is 6.54 Å². The van der Waals surface area contributed by atoms with Crippen LogP contribution < -0.4 is 0 Å². The minimum Gasteiger partial charge on any atom is -0.239 e. The second-order valence-corrected chi connectivity index (χ2v) is 3.56. The zero-order valence-electron chi connectivity index (χ0n) is 6.84. The summed E-state index contributed by atoms with van der Waals surface area (Å²) >= 11 is 2.28. The number of rotatable bonds is 3. The lowest BCUT2D eigenvalue weighted by Gasteiger charge is -1.98. The van der Waals surface area contributed by atoms with E-state index in [1.807, 2.05) is 11.6 Å². The Labute approximate surface area is 80.3 Å². The van der Waals surface area contributed by atoms with E-state index in [4.69, 9.17) is 0 Å². The minimum absolute atomic E-state index is 0.996. The van der Waals surface area contributed by atoms with E-state index in [1.165, 1.54) is 12.8 Å². The SMILES string of the molecule is CCCCn1nnc(C)c1I. The molecule has 1 heterocycles. The molecule has 0 aliphatic carbocycles. The molecule has 62 valence electrons. The predicted octanol–water partition coefficient (Wildman–Crippen LogP) is 1.99. The number of hydrogen-bond donors (Lipinski definition) is 0. The lowest BCUT2D eigenvalue weighted by atomic mass is 10.3. The molecular weight excluding hydrogens is 253 g/mol. The normalized spacial score (nSPS) is 10.5. The highest BCUT2D eigenvalue weighted by molar-refractivity contribution is 14.1. The van der Waals surface area contributed by atoms with E-state index in [9.17, 15) is 0 Å². The third-order valence-electron chi connectivity index (χ3n) is 1.55. The Kier molecular flexibility index (Phi) is 3.29. The number of aromatic nitrogens is 3. The summed E-state index contributed by atoms with van der Waals surface area (Å²) in [6, 6.07) is 0. The van der Waals surface area contributed by atoms with Crippen LogP contribution in [-0.4, -0.2) is 15.0 Å². The summed E-state index contributed by atoms with van der Waals surface area (Å²) in [5, 5.41) is 7.99. The van der Waals surface area contributed by atoms with E-state index < -0.39 is 0 Å². The Morgan fingerprint density at radius 2 is 2.27 bits per heavy atom. The summed E-state index contributed by atoms with van der Waals surface area (Å²) in [6.45, 7) is 5.16. The number of aryl methyl sites for hydroxylation is 2. The van der Waals surface area contributed by atoms with Crippen LogP contribution in [0.15, 0.2) is 0 Å². The standard InChI is InChI=1S/C7H12IN3/c1-3-4-5-11-7(8)6(2)9-10-11/h3-5H2,1-2H3. The van der Waals surface area contributed by atoms with Gasteiger partial charge in [0.15, 0.2) is 0 Å². The van der Waals surface area contributed by atoms with E-state index in [1.54, 1.807) is 0 Å². The van der Waals surface area contributed by atoms with Crippen molar-refractivity contribution in [2.45, 2.75) is 33.2 Å². The maximum Gasteiger partial charge on any atom is 0.122 e. The molecule has 0 saturated heterocycles.